The lowest BCUT2D eigenvalue weighted by atomic mass is 9.96. The van der Waals surface area contributed by atoms with Crippen LogP contribution in [0.1, 0.15) is 28.8 Å². The zero-order valence-corrected chi connectivity index (χ0v) is 16.4. The van der Waals surface area contributed by atoms with Crippen LogP contribution in [0.15, 0.2) is 61.2 Å². The summed E-state index contributed by atoms with van der Waals surface area (Å²) in [6, 6.07) is 13.4. The first kappa shape index (κ1) is 20.7. The summed E-state index contributed by atoms with van der Waals surface area (Å²) >= 11 is 0. The van der Waals surface area contributed by atoms with Crippen molar-refractivity contribution in [3.8, 4) is 0 Å². The normalized spacial score (nSPS) is 16.8. The Kier molecular flexibility index (Phi) is 7.14. The number of para-hydroxylation sites is 1. The van der Waals surface area contributed by atoms with Gasteiger partial charge in [0.05, 0.1) is 17.2 Å². The van der Waals surface area contributed by atoms with E-state index in [1.54, 1.807) is 42.5 Å². The van der Waals surface area contributed by atoms with Crippen LogP contribution in [0.25, 0.3) is 0 Å². The number of nitrogens with zero attached hydrogens (tertiary/aromatic N) is 1. The van der Waals surface area contributed by atoms with Crippen LogP contribution in [0.5, 0.6) is 0 Å². The molecule has 1 aliphatic heterocycles. The first-order valence-corrected chi connectivity index (χ1v) is 9.82. The molecule has 0 unspecified atom stereocenters. The van der Waals surface area contributed by atoms with E-state index in [0.29, 0.717) is 30.9 Å². The van der Waals surface area contributed by atoms with E-state index < -0.39 is 0 Å². The number of anilines is 1. The van der Waals surface area contributed by atoms with Crippen molar-refractivity contribution in [2.75, 3.05) is 25.0 Å². The summed E-state index contributed by atoms with van der Waals surface area (Å²) in [4.78, 5) is 27.4. The summed E-state index contributed by atoms with van der Waals surface area (Å²) in [5, 5.41) is 5.66. The van der Waals surface area contributed by atoms with Gasteiger partial charge in [-0.25, -0.2) is 4.39 Å². The third kappa shape index (κ3) is 5.74. The molecule has 1 atom stereocenters. The van der Waals surface area contributed by atoms with E-state index in [9.17, 15) is 14.0 Å². The van der Waals surface area contributed by atoms with E-state index in [1.165, 1.54) is 12.1 Å². The molecule has 0 spiro atoms. The van der Waals surface area contributed by atoms with Crippen molar-refractivity contribution < 1.29 is 14.0 Å². The van der Waals surface area contributed by atoms with Gasteiger partial charge in [-0.15, -0.1) is 6.58 Å². The molecule has 0 aliphatic carbocycles. The minimum atomic E-state index is -0.250. The smallest absolute Gasteiger partial charge is 0.253 e. The van der Waals surface area contributed by atoms with Gasteiger partial charge in [-0.1, -0.05) is 30.3 Å². The molecule has 29 heavy (non-hydrogen) atoms. The second kappa shape index (κ2) is 9.98. The molecule has 1 fully saturated rings. The highest BCUT2D eigenvalue weighted by Gasteiger charge is 2.26. The Labute approximate surface area is 170 Å². The number of benzene rings is 2. The molecule has 2 N–H and O–H groups in total. The first-order valence-electron chi connectivity index (χ1n) is 9.82. The molecule has 0 radical (unpaired) electrons. The van der Waals surface area contributed by atoms with E-state index in [2.05, 4.69) is 22.1 Å². The summed E-state index contributed by atoms with van der Waals surface area (Å²) in [6.45, 7) is 6.18. The van der Waals surface area contributed by atoms with Gasteiger partial charge in [0.25, 0.3) is 5.91 Å². The number of hydrogen-bond acceptors (Lipinski definition) is 3. The number of nitrogens with one attached hydrogen (secondary N) is 2. The number of carbonyl (C=O) groups excluding carboxylic acids is 2. The standard InChI is InChI=1S/C23H26FN3O2/c1-2-13-25-23(29)20-7-3-4-8-21(20)26-22(28)18-6-5-14-27(16-18)15-17-9-11-19(24)12-10-17/h2-4,7-12,18H,1,5-6,13-16H2,(H,25,29)(H,26,28)/t18-/m0/s1. The van der Waals surface area contributed by atoms with Gasteiger partial charge in [-0.05, 0) is 49.2 Å². The first-order chi connectivity index (χ1) is 14.1. The van der Waals surface area contributed by atoms with Crippen LogP contribution in [0.3, 0.4) is 0 Å². The second-order valence-electron chi connectivity index (χ2n) is 7.23. The van der Waals surface area contributed by atoms with Crippen molar-refractivity contribution >= 4 is 17.5 Å². The Bertz CT molecular complexity index is 867. The number of amides is 2. The van der Waals surface area contributed by atoms with Gasteiger partial charge in [0.1, 0.15) is 5.82 Å². The average Bonchev–Trinajstić information content (AvgIpc) is 2.74. The minimum Gasteiger partial charge on any atom is -0.349 e. The Morgan fingerprint density at radius 1 is 1.17 bits per heavy atom. The van der Waals surface area contributed by atoms with E-state index in [1.807, 2.05) is 0 Å². The summed E-state index contributed by atoms with van der Waals surface area (Å²) < 4.78 is 13.1. The minimum absolute atomic E-state index is 0.0854. The highest BCUT2D eigenvalue weighted by molar-refractivity contribution is 6.04. The molecular formula is C23H26FN3O2. The van der Waals surface area contributed by atoms with Gasteiger partial charge in [-0.2, -0.15) is 0 Å². The Hall–Kier alpha value is -2.99. The van der Waals surface area contributed by atoms with Gasteiger partial charge >= 0.3 is 0 Å². The quantitative estimate of drug-likeness (QED) is 0.705. The molecule has 2 aromatic carbocycles. The number of carbonyl (C=O) groups is 2. The molecule has 0 saturated carbocycles. The van der Waals surface area contributed by atoms with Crippen LogP contribution in [-0.2, 0) is 11.3 Å². The molecule has 1 heterocycles. The van der Waals surface area contributed by atoms with Crippen LogP contribution in [0.2, 0.25) is 0 Å². The Morgan fingerprint density at radius 2 is 1.93 bits per heavy atom. The highest BCUT2D eigenvalue weighted by Crippen LogP contribution is 2.22. The second-order valence-corrected chi connectivity index (χ2v) is 7.23. The average molecular weight is 395 g/mol. The number of hydrogen-bond donors (Lipinski definition) is 2. The molecule has 2 amide bonds. The monoisotopic (exact) mass is 395 g/mol. The maximum atomic E-state index is 13.1. The maximum absolute atomic E-state index is 13.1. The van der Waals surface area contributed by atoms with Gasteiger partial charge < -0.3 is 10.6 Å². The van der Waals surface area contributed by atoms with Crippen LogP contribution in [-0.4, -0.2) is 36.3 Å². The Morgan fingerprint density at radius 3 is 2.69 bits per heavy atom. The predicted molar refractivity (Wildman–Crippen MR) is 112 cm³/mol. The fraction of sp³-hybridized carbons (Fsp3) is 0.304. The van der Waals surface area contributed by atoms with E-state index >= 15 is 0 Å². The maximum Gasteiger partial charge on any atom is 0.253 e. The molecule has 6 heteroatoms. The van der Waals surface area contributed by atoms with Crippen molar-refractivity contribution in [2.24, 2.45) is 5.92 Å². The molecule has 1 aliphatic rings. The highest BCUT2D eigenvalue weighted by atomic mass is 19.1. The molecule has 2 aromatic rings. The van der Waals surface area contributed by atoms with Gasteiger partial charge in [0.15, 0.2) is 0 Å². The zero-order valence-electron chi connectivity index (χ0n) is 16.4. The van der Waals surface area contributed by atoms with Gasteiger partial charge in [0.2, 0.25) is 5.91 Å². The lowest BCUT2D eigenvalue weighted by Gasteiger charge is -2.32. The van der Waals surface area contributed by atoms with Crippen LogP contribution >= 0.6 is 0 Å². The fourth-order valence-corrected chi connectivity index (χ4v) is 3.55. The summed E-state index contributed by atoms with van der Waals surface area (Å²) in [5.74, 6) is -0.742. The lowest BCUT2D eigenvalue weighted by molar-refractivity contribution is -0.121. The van der Waals surface area contributed by atoms with Crippen molar-refractivity contribution in [1.82, 2.24) is 10.2 Å². The third-order valence-corrected chi connectivity index (χ3v) is 5.03. The number of likely N-dealkylation sites (tertiary alicyclic amines) is 1. The molecule has 152 valence electrons. The third-order valence-electron chi connectivity index (χ3n) is 5.03. The van der Waals surface area contributed by atoms with Crippen molar-refractivity contribution in [3.05, 3.63) is 78.1 Å². The van der Waals surface area contributed by atoms with E-state index in [4.69, 9.17) is 0 Å². The van der Waals surface area contributed by atoms with Crippen molar-refractivity contribution in [1.29, 1.82) is 0 Å². The fourth-order valence-electron chi connectivity index (χ4n) is 3.55. The molecular weight excluding hydrogens is 369 g/mol. The van der Waals surface area contributed by atoms with Crippen LogP contribution < -0.4 is 10.6 Å². The summed E-state index contributed by atoms with van der Waals surface area (Å²) in [5.41, 5.74) is 1.97. The summed E-state index contributed by atoms with van der Waals surface area (Å²) in [7, 11) is 0. The molecule has 1 saturated heterocycles. The molecule has 5 nitrogen and oxygen atoms in total. The van der Waals surface area contributed by atoms with E-state index in [0.717, 1.165) is 24.9 Å². The van der Waals surface area contributed by atoms with E-state index in [-0.39, 0.29) is 23.5 Å². The summed E-state index contributed by atoms with van der Waals surface area (Å²) in [6.07, 6.45) is 3.33. The lowest BCUT2D eigenvalue weighted by Crippen LogP contribution is -2.40. The Balaban J connectivity index is 1.62. The molecule has 0 aromatic heterocycles. The van der Waals surface area contributed by atoms with Crippen LogP contribution in [0.4, 0.5) is 10.1 Å². The topological polar surface area (TPSA) is 61.4 Å². The number of halogens is 1. The zero-order chi connectivity index (χ0) is 20.6. The predicted octanol–water partition coefficient (Wildman–Crippen LogP) is 3.59. The van der Waals surface area contributed by atoms with Crippen molar-refractivity contribution in [3.63, 3.8) is 0 Å². The van der Waals surface area contributed by atoms with Crippen LogP contribution in [0, 0.1) is 11.7 Å². The van der Waals surface area contributed by atoms with Crippen molar-refractivity contribution in [2.45, 2.75) is 19.4 Å². The largest absolute Gasteiger partial charge is 0.349 e. The van der Waals surface area contributed by atoms with Gasteiger partial charge in [-0.3, -0.25) is 14.5 Å². The number of piperidine rings is 1. The number of rotatable bonds is 7. The van der Waals surface area contributed by atoms with Gasteiger partial charge in [0, 0.05) is 19.6 Å². The molecule has 3 rings (SSSR count). The molecule has 0 bridgehead atoms. The SMILES string of the molecule is C=CCNC(=O)c1ccccc1NC(=O)[C@H]1CCCN(Cc2ccc(F)cc2)C1.